The highest BCUT2D eigenvalue weighted by Crippen LogP contribution is 2.40. The Labute approximate surface area is 138 Å². The van der Waals surface area contributed by atoms with Gasteiger partial charge in [0.25, 0.3) is 0 Å². The average Bonchev–Trinajstić information content (AvgIpc) is 2.43. The molecule has 0 unspecified atom stereocenters. The van der Waals surface area contributed by atoms with E-state index in [0.29, 0.717) is 15.3 Å². The van der Waals surface area contributed by atoms with Crippen LogP contribution in [0.25, 0.3) is 0 Å². The van der Waals surface area contributed by atoms with Gasteiger partial charge in [-0.1, -0.05) is 29.3 Å². The van der Waals surface area contributed by atoms with Crippen LogP contribution in [0.15, 0.2) is 28.7 Å². The Balaban J connectivity index is 2.50. The van der Waals surface area contributed by atoms with Crippen molar-refractivity contribution < 1.29 is 9.66 Å². The van der Waals surface area contributed by atoms with Crippen molar-refractivity contribution in [2.75, 3.05) is 12.4 Å². The summed E-state index contributed by atoms with van der Waals surface area (Å²) in [6.45, 7) is 0. The molecule has 0 bridgehead atoms. The maximum Gasteiger partial charge on any atom is 0.312 e. The lowest BCUT2D eigenvalue weighted by atomic mass is 10.3. The van der Waals surface area contributed by atoms with E-state index in [-0.39, 0.29) is 22.3 Å². The number of aromatic nitrogens is 1. The zero-order valence-corrected chi connectivity index (χ0v) is 13.7. The van der Waals surface area contributed by atoms with Gasteiger partial charge in [-0.05, 0) is 28.1 Å². The maximum absolute atomic E-state index is 11.0. The molecule has 21 heavy (non-hydrogen) atoms. The second-order valence-electron chi connectivity index (χ2n) is 3.80. The van der Waals surface area contributed by atoms with Gasteiger partial charge in [0.1, 0.15) is 10.8 Å². The number of nitro benzene ring substituents is 1. The monoisotopic (exact) mass is 391 g/mol. The van der Waals surface area contributed by atoms with E-state index >= 15 is 0 Å². The summed E-state index contributed by atoms with van der Waals surface area (Å²) in [5, 5.41) is 14.3. The van der Waals surface area contributed by atoms with Crippen molar-refractivity contribution in [2.24, 2.45) is 0 Å². The third-order valence-electron chi connectivity index (χ3n) is 2.48. The third-order valence-corrected chi connectivity index (χ3v) is 3.66. The SMILES string of the molecule is CNc1nc(Oc2c(Br)cccc2[N+](=O)[O-])c(Cl)cc1Cl. The lowest BCUT2D eigenvalue weighted by Crippen LogP contribution is -1.99. The van der Waals surface area contributed by atoms with Crippen LogP contribution in [0.2, 0.25) is 10.0 Å². The van der Waals surface area contributed by atoms with E-state index in [4.69, 9.17) is 27.9 Å². The molecule has 0 amide bonds. The zero-order valence-electron chi connectivity index (χ0n) is 10.6. The number of hydrogen-bond acceptors (Lipinski definition) is 5. The van der Waals surface area contributed by atoms with Crippen LogP contribution in [-0.4, -0.2) is 17.0 Å². The number of halogens is 3. The van der Waals surface area contributed by atoms with Crippen LogP contribution in [0.1, 0.15) is 0 Å². The molecular weight excluding hydrogens is 385 g/mol. The van der Waals surface area contributed by atoms with E-state index in [1.165, 1.54) is 18.2 Å². The Hall–Kier alpha value is -1.57. The Bertz CT molecular complexity index is 712. The van der Waals surface area contributed by atoms with Crippen LogP contribution in [0.4, 0.5) is 11.5 Å². The molecule has 110 valence electrons. The minimum absolute atomic E-state index is 0.0143. The molecule has 0 fully saturated rings. The number of para-hydroxylation sites is 1. The number of ether oxygens (including phenoxy) is 1. The molecule has 6 nitrogen and oxygen atoms in total. The Morgan fingerprint density at radius 2 is 2.10 bits per heavy atom. The number of anilines is 1. The highest BCUT2D eigenvalue weighted by molar-refractivity contribution is 9.10. The quantitative estimate of drug-likeness (QED) is 0.591. The topological polar surface area (TPSA) is 77.3 Å². The number of nitro groups is 1. The lowest BCUT2D eigenvalue weighted by Gasteiger charge is -2.11. The summed E-state index contributed by atoms with van der Waals surface area (Å²) in [6.07, 6.45) is 0. The number of nitrogens with one attached hydrogen (secondary N) is 1. The summed E-state index contributed by atoms with van der Waals surface area (Å²) in [4.78, 5) is 14.6. The van der Waals surface area contributed by atoms with Gasteiger partial charge in [-0.2, -0.15) is 4.98 Å². The van der Waals surface area contributed by atoms with Crippen molar-refractivity contribution in [3.05, 3.63) is 48.9 Å². The van der Waals surface area contributed by atoms with Crippen LogP contribution in [-0.2, 0) is 0 Å². The standard InChI is InChI=1S/C12H8BrCl2N3O3/c1-16-11-7(14)5-8(15)12(17-11)21-10-6(13)3-2-4-9(10)18(19)20/h2-5H,1H3,(H,16,17). The van der Waals surface area contributed by atoms with Crippen molar-refractivity contribution in [3.8, 4) is 11.6 Å². The van der Waals surface area contributed by atoms with Gasteiger partial charge in [0.05, 0.1) is 14.4 Å². The van der Waals surface area contributed by atoms with Gasteiger partial charge >= 0.3 is 5.69 Å². The lowest BCUT2D eigenvalue weighted by molar-refractivity contribution is -0.385. The molecule has 9 heteroatoms. The predicted octanol–water partition coefficient (Wildman–Crippen LogP) is 4.89. The molecule has 1 aromatic carbocycles. The summed E-state index contributed by atoms with van der Waals surface area (Å²) in [5.41, 5.74) is -0.205. The van der Waals surface area contributed by atoms with Gasteiger partial charge in [0.2, 0.25) is 11.6 Å². The maximum atomic E-state index is 11.0. The van der Waals surface area contributed by atoms with Gasteiger partial charge in [0, 0.05) is 13.1 Å². The first-order valence-electron chi connectivity index (χ1n) is 5.58. The number of rotatable bonds is 4. The molecule has 0 aliphatic rings. The molecule has 0 saturated heterocycles. The van der Waals surface area contributed by atoms with Crippen molar-refractivity contribution in [1.82, 2.24) is 4.98 Å². The first-order valence-corrected chi connectivity index (χ1v) is 7.13. The predicted molar refractivity (Wildman–Crippen MR) is 84.7 cm³/mol. The molecule has 0 radical (unpaired) electrons. The molecule has 0 aliphatic heterocycles. The van der Waals surface area contributed by atoms with Gasteiger partial charge in [-0.15, -0.1) is 0 Å². The number of pyridine rings is 1. The molecule has 2 rings (SSSR count). The second-order valence-corrected chi connectivity index (χ2v) is 5.47. The fourth-order valence-corrected chi connectivity index (χ4v) is 2.46. The van der Waals surface area contributed by atoms with Crippen LogP contribution in [0.3, 0.4) is 0 Å². The first kappa shape index (κ1) is 15.8. The van der Waals surface area contributed by atoms with Crippen LogP contribution in [0.5, 0.6) is 11.6 Å². The van der Waals surface area contributed by atoms with Crippen LogP contribution in [0, 0.1) is 10.1 Å². The summed E-state index contributed by atoms with van der Waals surface area (Å²) in [5.74, 6) is 0.382. The minimum atomic E-state index is -0.553. The molecular formula is C12H8BrCl2N3O3. The summed E-state index contributed by atoms with van der Waals surface area (Å²) >= 11 is 15.1. The normalized spacial score (nSPS) is 10.3. The number of hydrogen-bond donors (Lipinski definition) is 1. The fraction of sp³-hybridized carbons (Fsp3) is 0.0833. The second kappa shape index (κ2) is 6.46. The summed E-state index contributed by atoms with van der Waals surface area (Å²) < 4.78 is 5.91. The first-order chi connectivity index (χ1) is 9.93. The number of nitrogens with zero attached hydrogens (tertiary/aromatic N) is 2. The summed E-state index contributed by atoms with van der Waals surface area (Å²) in [7, 11) is 1.63. The van der Waals surface area contributed by atoms with E-state index in [0.717, 1.165) is 0 Å². The van der Waals surface area contributed by atoms with Crippen molar-refractivity contribution >= 4 is 50.6 Å². The van der Waals surface area contributed by atoms with Crippen molar-refractivity contribution in [3.63, 3.8) is 0 Å². The van der Waals surface area contributed by atoms with Crippen molar-refractivity contribution in [1.29, 1.82) is 0 Å². The highest BCUT2D eigenvalue weighted by Gasteiger charge is 2.21. The largest absolute Gasteiger partial charge is 0.429 e. The van der Waals surface area contributed by atoms with E-state index in [9.17, 15) is 10.1 Å². The van der Waals surface area contributed by atoms with Crippen LogP contribution < -0.4 is 10.1 Å². The zero-order chi connectivity index (χ0) is 15.6. The smallest absolute Gasteiger partial charge is 0.312 e. The van der Waals surface area contributed by atoms with Gasteiger partial charge in [-0.3, -0.25) is 10.1 Å². The fourth-order valence-electron chi connectivity index (χ4n) is 1.54. The van der Waals surface area contributed by atoms with Crippen LogP contribution >= 0.6 is 39.1 Å². The summed E-state index contributed by atoms with van der Waals surface area (Å²) in [6, 6.07) is 5.92. The molecule has 0 aliphatic carbocycles. The third kappa shape index (κ3) is 3.37. The minimum Gasteiger partial charge on any atom is -0.429 e. The molecule has 2 aromatic rings. The molecule has 0 saturated carbocycles. The highest BCUT2D eigenvalue weighted by atomic mass is 79.9. The van der Waals surface area contributed by atoms with Gasteiger partial charge in [0.15, 0.2) is 0 Å². The van der Waals surface area contributed by atoms with E-state index in [2.05, 4.69) is 26.2 Å². The Morgan fingerprint density at radius 3 is 2.71 bits per heavy atom. The van der Waals surface area contributed by atoms with Gasteiger partial charge < -0.3 is 10.1 Å². The molecule has 1 N–H and O–H groups in total. The molecule has 0 atom stereocenters. The Kier molecular flexibility index (Phi) is 4.87. The average molecular weight is 393 g/mol. The van der Waals surface area contributed by atoms with Gasteiger partial charge in [-0.25, -0.2) is 0 Å². The van der Waals surface area contributed by atoms with E-state index in [1.807, 2.05) is 0 Å². The van der Waals surface area contributed by atoms with Crippen molar-refractivity contribution in [2.45, 2.75) is 0 Å². The number of benzene rings is 1. The molecule has 0 spiro atoms. The molecule has 1 heterocycles. The molecule has 1 aromatic heterocycles. The van der Waals surface area contributed by atoms with E-state index in [1.54, 1.807) is 13.1 Å². The Morgan fingerprint density at radius 1 is 1.38 bits per heavy atom. The van der Waals surface area contributed by atoms with E-state index < -0.39 is 4.92 Å².